The largest absolute Gasteiger partial charge is 0.358 e. The predicted octanol–water partition coefficient (Wildman–Crippen LogP) is -1.71. The van der Waals surface area contributed by atoms with Crippen molar-refractivity contribution < 1.29 is 14.4 Å². The molecule has 2 rings (SSSR count). The molecule has 0 spiro atoms. The molecular formula is C13H19N5O3. The number of H-pyrrole nitrogens is 1. The van der Waals surface area contributed by atoms with Gasteiger partial charge < -0.3 is 15.6 Å². The fraction of sp³-hybridized carbons (Fsp3) is 0.462. The Labute approximate surface area is 122 Å². The number of aromatic nitrogens is 1. The minimum Gasteiger partial charge on any atom is -0.358 e. The third kappa shape index (κ3) is 3.89. The minimum atomic E-state index is -0.475. The van der Waals surface area contributed by atoms with Gasteiger partial charge in [0.15, 0.2) is 0 Å². The molecule has 1 aliphatic heterocycles. The third-order valence-corrected chi connectivity index (χ3v) is 3.35. The number of amides is 3. The van der Waals surface area contributed by atoms with E-state index in [4.69, 9.17) is 0 Å². The Morgan fingerprint density at radius 3 is 2.90 bits per heavy atom. The van der Waals surface area contributed by atoms with Crippen LogP contribution >= 0.6 is 0 Å². The highest BCUT2D eigenvalue weighted by atomic mass is 16.2. The third-order valence-electron chi connectivity index (χ3n) is 3.35. The maximum Gasteiger partial charge on any atom is 0.274 e. The lowest BCUT2D eigenvalue weighted by atomic mass is 10.1. The average Bonchev–Trinajstić information content (AvgIpc) is 3.01. The van der Waals surface area contributed by atoms with Gasteiger partial charge in [-0.05, 0) is 12.1 Å². The van der Waals surface area contributed by atoms with Crippen LogP contribution in [0.1, 0.15) is 10.5 Å². The van der Waals surface area contributed by atoms with E-state index >= 15 is 0 Å². The maximum absolute atomic E-state index is 11.9. The summed E-state index contributed by atoms with van der Waals surface area (Å²) in [5, 5.41) is 7.99. The van der Waals surface area contributed by atoms with E-state index in [0.717, 1.165) is 0 Å². The fourth-order valence-electron chi connectivity index (χ4n) is 2.25. The lowest BCUT2D eigenvalue weighted by Gasteiger charge is -2.34. The van der Waals surface area contributed by atoms with E-state index in [9.17, 15) is 14.4 Å². The van der Waals surface area contributed by atoms with Crippen molar-refractivity contribution in [2.45, 2.75) is 6.04 Å². The van der Waals surface area contributed by atoms with Gasteiger partial charge in [0.25, 0.3) is 5.91 Å². The average molecular weight is 293 g/mol. The SMILES string of the molecule is CNC(=O)C1CNCCN1CC(=O)NC(=O)c1ccc[nH]1. The molecule has 0 aliphatic carbocycles. The van der Waals surface area contributed by atoms with Gasteiger partial charge in [-0.3, -0.25) is 24.6 Å². The van der Waals surface area contributed by atoms with E-state index in [1.807, 2.05) is 0 Å². The summed E-state index contributed by atoms with van der Waals surface area (Å²) >= 11 is 0. The molecule has 0 radical (unpaired) electrons. The minimum absolute atomic E-state index is 0.00617. The van der Waals surface area contributed by atoms with Crippen LogP contribution in [0.25, 0.3) is 0 Å². The van der Waals surface area contributed by atoms with Crippen molar-refractivity contribution in [3.8, 4) is 0 Å². The number of nitrogens with one attached hydrogen (secondary N) is 4. The maximum atomic E-state index is 11.9. The number of hydrogen-bond donors (Lipinski definition) is 4. The van der Waals surface area contributed by atoms with Crippen LogP contribution < -0.4 is 16.0 Å². The van der Waals surface area contributed by atoms with E-state index in [-0.39, 0.29) is 12.5 Å². The van der Waals surface area contributed by atoms with E-state index in [1.54, 1.807) is 30.3 Å². The summed E-state index contributed by atoms with van der Waals surface area (Å²) in [7, 11) is 1.56. The molecule has 1 atom stereocenters. The smallest absolute Gasteiger partial charge is 0.274 e. The molecule has 8 heteroatoms. The molecule has 8 nitrogen and oxygen atoms in total. The first-order chi connectivity index (χ1) is 10.1. The zero-order valence-corrected chi connectivity index (χ0v) is 11.8. The van der Waals surface area contributed by atoms with Crippen molar-refractivity contribution in [1.29, 1.82) is 0 Å². The first kappa shape index (κ1) is 15.2. The molecule has 1 saturated heterocycles. The summed E-state index contributed by atoms with van der Waals surface area (Å²) in [5.41, 5.74) is 0.325. The zero-order chi connectivity index (χ0) is 15.2. The first-order valence-electron chi connectivity index (χ1n) is 6.75. The number of rotatable bonds is 4. The van der Waals surface area contributed by atoms with Crippen LogP contribution in [-0.2, 0) is 9.59 Å². The van der Waals surface area contributed by atoms with Gasteiger partial charge in [-0.2, -0.15) is 0 Å². The standard InChI is InChI=1S/C13H19N5O3/c1-14-13(21)10-7-15-5-6-18(10)8-11(19)17-12(20)9-3-2-4-16-9/h2-4,10,15-16H,5-8H2,1H3,(H,14,21)(H,17,19,20). The van der Waals surface area contributed by atoms with Gasteiger partial charge in [-0.1, -0.05) is 0 Å². The van der Waals surface area contributed by atoms with Crippen molar-refractivity contribution in [2.24, 2.45) is 0 Å². The van der Waals surface area contributed by atoms with Crippen LogP contribution in [0.4, 0.5) is 0 Å². The molecule has 21 heavy (non-hydrogen) atoms. The van der Waals surface area contributed by atoms with Crippen molar-refractivity contribution >= 4 is 17.7 Å². The summed E-state index contributed by atoms with van der Waals surface area (Å²) in [6.45, 7) is 1.76. The highest BCUT2D eigenvalue weighted by Gasteiger charge is 2.29. The van der Waals surface area contributed by atoms with Crippen molar-refractivity contribution in [3.63, 3.8) is 0 Å². The Balaban J connectivity index is 1.91. The Morgan fingerprint density at radius 1 is 1.43 bits per heavy atom. The van der Waals surface area contributed by atoms with Gasteiger partial charge in [-0.15, -0.1) is 0 Å². The number of imide groups is 1. The summed E-state index contributed by atoms with van der Waals surface area (Å²) in [6, 6.07) is 2.85. The molecule has 0 saturated carbocycles. The number of nitrogens with zero attached hydrogens (tertiary/aromatic N) is 1. The lowest BCUT2D eigenvalue weighted by Crippen LogP contribution is -2.59. The van der Waals surface area contributed by atoms with Crippen LogP contribution in [0.15, 0.2) is 18.3 Å². The van der Waals surface area contributed by atoms with Crippen LogP contribution in [0.2, 0.25) is 0 Å². The van der Waals surface area contributed by atoms with Gasteiger partial charge in [0.1, 0.15) is 11.7 Å². The van der Waals surface area contributed by atoms with E-state index < -0.39 is 17.9 Å². The van der Waals surface area contributed by atoms with E-state index in [2.05, 4.69) is 20.9 Å². The first-order valence-corrected chi connectivity index (χ1v) is 6.75. The lowest BCUT2D eigenvalue weighted by molar-refractivity contribution is -0.128. The number of hydrogen-bond acceptors (Lipinski definition) is 5. The molecule has 1 aromatic rings. The number of piperazine rings is 1. The molecule has 1 aromatic heterocycles. The Bertz CT molecular complexity index is 514. The molecule has 3 amide bonds. The Hall–Kier alpha value is -2.19. The summed E-state index contributed by atoms with van der Waals surface area (Å²) < 4.78 is 0. The highest BCUT2D eigenvalue weighted by Crippen LogP contribution is 2.03. The molecule has 1 aliphatic rings. The van der Waals surface area contributed by atoms with Crippen molar-refractivity contribution in [1.82, 2.24) is 25.8 Å². The van der Waals surface area contributed by atoms with Crippen molar-refractivity contribution in [2.75, 3.05) is 33.2 Å². The summed E-state index contributed by atoms with van der Waals surface area (Å²) in [4.78, 5) is 39.9. The molecular weight excluding hydrogens is 274 g/mol. The molecule has 4 N–H and O–H groups in total. The second-order valence-electron chi connectivity index (χ2n) is 4.77. The molecule has 1 fully saturated rings. The summed E-state index contributed by atoms with van der Waals surface area (Å²) in [5.74, 6) is -1.05. The molecule has 0 aromatic carbocycles. The number of carbonyl (C=O) groups excluding carboxylic acids is 3. The number of carbonyl (C=O) groups is 3. The number of likely N-dealkylation sites (N-methyl/N-ethyl adjacent to an activating group) is 1. The van der Waals surface area contributed by atoms with Gasteiger partial charge in [-0.25, -0.2) is 0 Å². The Morgan fingerprint density at radius 2 is 2.24 bits per heavy atom. The van der Waals surface area contributed by atoms with Gasteiger partial charge >= 0.3 is 0 Å². The van der Waals surface area contributed by atoms with E-state index in [0.29, 0.717) is 25.3 Å². The molecule has 2 heterocycles. The number of aromatic amines is 1. The monoisotopic (exact) mass is 293 g/mol. The second kappa shape index (κ2) is 7.00. The highest BCUT2D eigenvalue weighted by molar-refractivity contribution is 6.04. The van der Waals surface area contributed by atoms with Crippen LogP contribution in [0.3, 0.4) is 0 Å². The fourth-order valence-corrected chi connectivity index (χ4v) is 2.25. The van der Waals surface area contributed by atoms with Gasteiger partial charge in [0.2, 0.25) is 11.8 Å². The van der Waals surface area contributed by atoms with Crippen LogP contribution in [0, 0.1) is 0 Å². The van der Waals surface area contributed by atoms with Crippen LogP contribution in [-0.4, -0.2) is 66.9 Å². The van der Waals surface area contributed by atoms with Crippen LogP contribution in [0.5, 0.6) is 0 Å². The zero-order valence-electron chi connectivity index (χ0n) is 11.8. The molecule has 0 bridgehead atoms. The molecule has 1 unspecified atom stereocenters. The Kier molecular flexibility index (Phi) is 5.07. The van der Waals surface area contributed by atoms with Gasteiger partial charge in [0.05, 0.1) is 6.54 Å². The quantitative estimate of drug-likeness (QED) is 0.529. The van der Waals surface area contributed by atoms with Crippen molar-refractivity contribution in [3.05, 3.63) is 24.0 Å². The second-order valence-corrected chi connectivity index (χ2v) is 4.77. The summed E-state index contributed by atoms with van der Waals surface area (Å²) in [6.07, 6.45) is 1.61. The predicted molar refractivity (Wildman–Crippen MR) is 75.6 cm³/mol. The normalized spacial score (nSPS) is 19.0. The van der Waals surface area contributed by atoms with E-state index in [1.165, 1.54) is 0 Å². The molecule has 114 valence electrons. The van der Waals surface area contributed by atoms with Gasteiger partial charge in [0, 0.05) is 32.9 Å². The topological polar surface area (TPSA) is 106 Å².